The predicted molar refractivity (Wildman–Crippen MR) is 90.0 cm³/mol. The molecule has 1 amide bonds. The summed E-state index contributed by atoms with van der Waals surface area (Å²) >= 11 is 0. The first kappa shape index (κ1) is 15.4. The minimum absolute atomic E-state index is 0.311. The van der Waals surface area contributed by atoms with E-state index in [1.165, 1.54) is 21.7 Å². The molecule has 23 heavy (non-hydrogen) atoms. The van der Waals surface area contributed by atoms with Crippen LogP contribution in [0.5, 0.6) is 0 Å². The van der Waals surface area contributed by atoms with Gasteiger partial charge in [0, 0.05) is 29.7 Å². The maximum Gasteiger partial charge on any atom is 0.243 e. The molecule has 0 bridgehead atoms. The third kappa shape index (κ3) is 3.48. The van der Waals surface area contributed by atoms with Crippen LogP contribution in [-0.2, 0) is 11.3 Å². The minimum atomic E-state index is -0.311. The first-order valence-electron chi connectivity index (χ1n) is 8.02. The zero-order valence-electron chi connectivity index (χ0n) is 13.0. The minimum Gasteiger partial charge on any atom is -0.289 e. The van der Waals surface area contributed by atoms with Crippen molar-refractivity contribution in [2.75, 3.05) is 0 Å². The second-order valence-corrected chi connectivity index (χ2v) is 5.77. The standard InChI is InChI=1S/C19H20N2O2/c22-19(20-23)12-2-1-7-13-21-14-15-8-3-4-9-16(15)17-10-5-6-11-18(17)21/h3-6,8-11,14H,1-2,7,12-13H2,(H-,20,22,23)/p+1. The number of aryl methyl sites for hydroxylation is 1. The number of hydroxylamine groups is 1. The molecular formula is C19H21N2O2+. The number of pyridine rings is 1. The highest BCUT2D eigenvalue weighted by Gasteiger charge is 2.12. The number of benzene rings is 2. The molecule has 4 nitrogen and oxygen atoms in total. The number of carbonyl (C=O) groups is 1. The van der Waals surface area contributed by atoms with Crippen molar-refractivity contribution in [3.05, 3.63) is 54.7 Å². The Bertz CT molecular complexity index is 830. The summed E-state index contributed by atoms with van der Waals surface area (Å²) in [4.78, 5) is 11.0. The number of para-hydroxylation sites is 1. The second-order valence-electron chi connectivity index (χ2n) is 5.77. The van der Waals surface area contributed by atoms with Crippen LogP contribution in [0.25, 0.3) is 21.7 Å². The lowest BCUT2D eigenvalue weighted by atomic mass is 10.1. The van der Waals surface area contributed by atoms with Gasteiger partial charge in [-0.1, -0.05) is 30.3 Å². The van der Waals surface area contributed by atoms with E-state index in [9.17, 15) is 4.79 Å². The molecule has 1 aromatic heterocycles. The molecule has 1 heterocycles. The molecule has 0 saturated carbocycles. The number of amides is 1. The summed E-state index contributed by atoms with van der Waals surface area (Å²) in [5.41, 5.74) is 2.91. The number of carbonyl (C=O) groups excluding carboxylic acids is 1. The monoisotopic (exact) mass is 309 g/mol. The van der Waals surface area contributed by atoms with Crippen LogP contribution in [-0.4, -0.2) is 11.1 Å². The lowest BCUT2D eigenvalue weighted by Gasteiger charge is -2.05. The second kappa shape index (κ2) is 7.20. The van der Waals surface area contributed by atoms with Crippen LogP contribution in [0.4, 0.5) is 0 Å². The Labute approximate surface area is 135 Å². The number of hydrogen-bond donors (Lipinski definition) is 2. The van der Waals surface area contributed by atoms with Crippen LogP contribution in [0.1, 0.15) is 25.7 Å². The fourth-order valence-corrected chi connectivity index (χ4v) is 3.03. The predicted octanol–water partition coefficient (Wildman–Crippen LogP) is 3.35. The van der Waals surface area contributed by atoms with Crippen LogP contribution in [0.2, 0.25) is 0 Å². The van der Waals surface area contributed by atoms with Gasteiger partial charge in [-0.2, -0.15) is 4.57 Å². The molecule has 3 aromatic rings. The van der Waals surface area contributed by atoms with Gasteiger partial charge in [-0.05, 0) is 25.0 Å². The number of unbranched alkanes of at least 4 members (excludes halogenated alkanes) is 2. The van der Waals surface area contributed by atoms with Crippen molar-refractivity contribution in [3.8, 4) is 0 Å². The van der Waals surface area contributed by atoms with Crippen LogP contribution >= 0.6 is 0 Å². The van der Waals surface area contributed by atoms with Gasteiger partial charge in [0.15, 0.2) is 6.20 Å². The third-order valence-corrected chi connectivity index (χ3v) is 4.19. The van der Waals surface area contributed by atoms with E-state index in [2.05, 4.69) is 59.3 Å². The molecule has 0 aliphatic rings. The van der Waals surface area contributed by atoms with Gasteiger partial charge < -0.3 is 0 Å². The summed E-state index contributed by atoms with van der Waals surface area (Å²) in [5.74, 6) is -0.311. The number of aromatic nitrogens is 1. The Kier molecular flexibility index (Phi) is 4.83. The fourth-order valence-electron chi connectivity index (χ4n) is 3.03. The molecule has 0 fully saturated rings. The summed E-state index contributed by atoms with van der Waals surface area (Å²) in [7, 11) is 0. The zero-order chi connectivity index (χ0) is 16.1. The summed E-state index contributed by atoms with van der Waals surface area (Å²) < 4.78 is 2.30. The molecule has 0 unspecified atom stereocenters. The van der Waals surface area contributed by atoms with E-state index in [4.69, 9.17) is 5.21 Å². The van der Waals surface area contributed by atoms with Crippen LogP contribution in [0.15, 0.2) is 54.7 Å². The Morgan fingerprint density at radius 2 is 1.70 bits per heavy atom. The highest BCUT2D eigenvalue weighted by molar-refractivity contribution is 6.03. The largest absolute Gasteiger partial charge is 0.289 e. The van der Waals surface area contributed by atoms with E-state index >= 15 is 0 Å². The van der Waals surface area contributed by atoms with Crippen molar-refractivity contribution in [1.82, 2.24) is 5.48 Å². The fraction of sp³-hybridized carbons (Fsp3) is 0.263. The van der Waals surface area contributed by atoms with Gasteiger partial charge in [-0.25, -0.2) is 5.48 Å². The van der Waals surface area contributed by atoms with Gasteiger partial charge in [0.25, 0.3) is 0 Å². The highest BCUT2D eigenvalue weighted by atomic mass is 16.5. The van der Waals surface area contributed by atoms with Crippen LogP contribution < -0.4 is 10.0 Å². The molecule has 0 spiro atoms. The molecule has 118 valence electrons. The van der Waals surface area contributed by atoms with E-state index in [0.717, 1.165) is 25.8 Å². The molecule has 4 heteroatoms. The molecule has 0 aliphatic heterocycles. The lowest BCUT2D eigenvalue weighted by molar-refractivity contribution is -0.670. The molecule has 0 saturated heterocycles. The summed E-state index contributed by atoms with van der Waals surface area (Å²) in [6.45, 7) is 0.923. The summed E-state index contributed by atoms with van der Waals surface area (Å²) in [6.07, 6.45) is 5.34. The number of nitrogens with zero attached hydrogens (tertiary/aromatic N) is 1. The summed E-state index contributed by atoms with van der Waals surface area (Å²) in [5, 5.41) is 12.3. The average Bonchev–Trinajstić information content (AvgIpc) is 2.61. The zero-order valence-corrected chi connectivity index (χ0v) is 13.0. The van der Waals surface area contributed by atoms with Crippen LogP contribution in [0, 0.1) is 0 Å². The maximum absolute atomic E-state index is 11.0. The van der Waals surface area contributed by atoms with E-state index in [-0.39, 0.29) is 5.91 Å². The number of hydrogen-bond acceptors (Lipinski definition) is 2. The normalized spacial score (nSPS) is 11.0. The van der Waals surface area contributed by atoms with Gasteiger partial charge in [0.2, 0.25) is 11.4 Å². The van der Waals surface area contributed by atoms with Gasteiger partial charge in [0.1, 0.15) is 6.54 Å². The molecule has 2 N–H and O–H groups in total. The molecule has 0 aliphatic carbocycles. The van der Waals surface area contributed by atoms with Crippen molar-refractivity contribution in [2.24, 2.45) is 0 Å². The number of fused-ring (bicyclic) bond motifs is 3. The average molecular weight is 309 g/mol. The van der Waals surface area contributed by atoms with Crippen molar-refractivity contribution in [3.63, 3.8) is 0 Å². The topological polar surface area (TPSA) is 53.2 Å². The van der Waals surface area contributed by atoms with E-state index in [1.807, 2.05) is 0 Å². The number of nitrogens with one attached hydrogen (secondary N) is 1. The van der Waals surface area contributed by atoms with Gasteiger partial charge in [-0.15, -0.1) is 0 Å². The van der Waals surface area contributed by atoms with Crippen molar-refractivity contribution in [1.29, 1.82) is 0 Å². The third-order valence-electron chi connectivity index (χ3n) is 4.19. The molecule has 0 atom stereocenters. The first-order valence-corrected chi connectivity index (χ1v) is 8.02. The van der Waals surface area contributed by atoms with E-state index < -0.39 is 0 Å². The SMILES string of the molecule is O=C(CCCCC[n+]1cc2ccccc2c2ccccc21)NO. The van der Waals surface area contributed by atoms with Gasteiger partial charge in [-0.3, -0.25) is 10.0 Å². The summed E-state index contributed by atoms with van der Waals surface area (Å²) in [6, 6.07) is 16.9. The van der Waals surface area contributed by atoms with Crippen molar-refractivity contribution >= 4 is 27.6 Å². The molecule has 2 aromatic carbocycles. The maximum atomic E-state index is 11.0. The van der Waals surface area contributed by atoms with Crippen LogP contribution in [0.3, 0.4) is 0 Å². The van der Waals surface area contributed by atoms with Gasteiger partial charge in [0.05, 0.1) is 5.39 Å². The molecule has 0 radical (unpaired) electrons. The quantitative estimate of drug-likeness (QED) is 0.241. The Balaban J connectivity index is 1.78. The van der Waals surface area contributed by atoms with Crippen molar-refractivity contribution in [2.45, 2.75) is 32.2 Å². The Morgan fingerprint density at radius 3 is 2.52 bits per heavy atom. The molecule has 3 rings (SSSR count). The first-order chi connectivity index (χ1) is 11.3. The number of rotatable bonds is 6. The van der Waals surface area contributed by atoms with E-state index in [0.29, 0.717) is 6.42 Å². The van der Waals surface area contributed by atoms with E-state index in [1.54, 1.807) is 5.48 Å². The Morgan fingerprint density at radius 1 is 0.957 bits per heavy atom. The molecular weight excluding hydrogens is 288 g/mol. The smallest absolute Gasteiger partial charge is 0.243 e. The highest BCUT2D eigenvalue weighted by Crippen LogP contribution is 2.22. The van der Waals surface area contributed by atoms with Gasteiger partial charge >= 0.3 is 0 Å². The Hall–Kier alpha value is -2.46. The van der Waals surface area contributed by atoms with Crippen molar-refractivity contribution < 1.29 is 14.6 Å². The lowest BCUT2D eigenvalue weighted by Crippen LogP contribution is -2.34.